The van der Waals surface area contributed by atoms with Gasteiger partial charge in [0.2, 0.25) is 11.2 Å². The monoisotopic (exact) mass is 428 g/mol. The van der Waals surface area contributed by atoms with Crippen molar-refractivity contribution in [2.24, 2.45) is 5.41 Å². The van der Waals surface area contributed by atoms with Crippen molar-refractivity contribution in [1.82, 2.24) is 20.2 Å². The average molecular weight is 429 g/mol. The topological polar surface area (TPSA) is 60.8 Å². The van der Waals surface area contributed by atoms with Crippen molar-refractivity contribution in [3.05, 3.63) is 64.2 Å². The Morgan fingerprint density at radius 3 is 2.53 bits per heavy atom. The van der Waals surface area contributed by atoms with Crippen molar-refractivity contribution in [2.75, 3.05) is 7.11 Å². The molecule has 0 spiro atoms. The number of aromatic nitrogens is 4. The lowest BCUT2D eigenvalue weighted by Gasteiger charge is -2.37. The van der Waals surface area contributed by atoms with E-state index in [2.05, 4.69) is 34.0 Å². The van der Waals surface area contributed by atoms with E-state index in [1.54, 1.807) is 12.1 Å². The van der Waals surface area contributed by atoms with Crippen molar-refractivity contribution in [3.8, 4) is 17.1 Å². The van der Waals surface area contributed by atoms with E-state index in [1.165, 1.54) is 25.3 Å². The zero-order valence-electron chi connectivity index (χ0n) is 16.7. The van der Waals surface area contributed by atoms with Crippen LogP contribution in [-0.4, -0.2) is 27.3 Å². The normalized spacial score (nSPS) is 23.5. The third-order valence-corrected chi connectivity index (χ3v) is 7.09. The molecular weight excluding hydrogens is 410 g/mol. The molecule has 0 aliphatic heterocycles. The van der Waals surface area contributed by atoms with Gasteiger partial charge in [0.1, 0.15) is 11.6 Å². The Bertz CT molecular complexity index is 1170. The summed E-state index contributed by atoms with van der Waals surface area (Å²) in [7, 11) is 1.53. The molecule has 8 heteroatoms. The van der Waals surface area contributed by atoms with Gasteiger partial charge >= 0.3 is 0 Å². The predicted octanol–water partition coefficient (Wildman–Crippen LogP) is 5.08. The van der Waals surface area contributed by atoms with Crippen LogP contribution >= 0.6 is 11.6 Å². The Balaban J connectivity index is 1.73. The Morgan fingerprint density at radius 1 is 1.10 bits per heavy atom. The summed E-state index contributed by atoms with van der Waals surface area (Å²) in [5.41, 5.74) is 1.71. The van der Waals surface area contributed by atoms with Gasteiger partial charge in [-0.3, -0.25) is 0 Å². The highest BCUT2D eigenvalue weighted by Gasteiger charge is 2.65. The molecule has 2 bridgehead atoms. The van der Waals surface area contributed by atoms with Gasteiger partial charge in [-0.15, -0.1) is 5.10 Å². The smallest absolute Gasteiger partial charge is 0.225 e. The molecule has 5 rings (SSSR count). The fourth-order valence-corrected chi connectivity index (χ4v) is 5.65. The summed E-state index contributed by atoms with van der Waals surface area (Å²) in [6, 6.07) is 7.34. The van der Waals surface area contributed by atoms with Gasteiger partial charge in [0, 0.05) is 6.07 Å². The molecule has 154 valence electrons. The molecule has 0 amide bonds. The Labute approximate surface area is 177 Å². The summed E-state index contributed by atoms with van der Waals surface area (Å²) in [5.74, 6) is -0.788. The average Bonchev–Trinajstić information content (AvgIpc) is 3.09. The van der Waals surface area contributed by atoms with Crippen molar-refractivity contribution in [1.29, 1.82) is 0 Å². The molecule has 2 aromatic heterocycles. The zero-order chi connectivity index (χ0) is 21.3. The van der Waals surface area contributed by atoms with E-state index in [0.717, 1.165) is 29.8 Å². The molecule has 2 atom stereocenters. The van der Waals surface area contributed by atoms with Crippen LogP contribution in [-0.2, 0) is 5.41 Å². The predicted molar refractivity (Wildman–Crippen MR) is 108 cm³/mol. The first kappa shape index (κ1) is 19.3. The number of halogens is 3. The zero-order valence-corrected chi connectivity index (χ0v) is 17.5. The first-order valence-corrected chi connectivity index (χ1v) is 10.1. The van der Waals surface area contributed by atoms with Crippen molar-refractivity contribution >= 4 is 11.6 Å². The van der Waals surface area contributed by atoms with Crippen LogP contribution in [0.3, 0.4) is 0 Å². The molecule has 0 radical (unpaired) electrons. The van der Waals surface area contributed by atoms with Crippen molar-refractivity contribution in [2.45, 2.75) is 38.0 Å². The summed E-state index contributed by atoms with van der Waals surface area (Å²) >= 11 is 6.18. The first-order valence-electron chi connectivity index (χ1n) is 9.71. The Kier molecular flexibility index (Phi) is 4.13. The lowest BCUT2D eigenvalue weighted by molar-refractivity contribution is 0.241. The third kappa shape index (κ3) is 2.38. The van der Waals surface area contributed by atoms with Crippen molar-refractivity contribution < 1.29 is 13.5 Å². The summed E-state index contributed by atoms with van der Waals surface area (Å²) in [6.07, 6.45) is 1.71. The molecule has 30 heavy (non-hydrogen) atoms. The van der Waals surface area contributed by atoms with Gasteiger partial charge in [0.15, 0.2) is 0 Å². The molecule has 5 nitrogen and oxygen atoms in total. The van der Waals surface area contributed by atoms with Gasteiger partial charge in [-0.05, 0) is 59.5 Å². The third-order valence-electron chi connectivity index (χ3n) is 6.92. The molecule has 2 aliphatic carbocycles. The molecule has 3 aromatic rings. The van der Waals surface area contributed by atoms with E-state index in [0.29, 0.717) is 5.88 Å². The first-order chi connectivity index (χ1) is 14.3. The van der Waals surface area contributed by atoms with E-state index in [1.807, 2.05) is 0 Å². The summed E-state index contributed by atoms with van der Waals surface area (Å²) < 4.78 is 34.0. The molecule has 0 unspecified atom stereocenters. The highest BCUT2D eigenvalue weighted by atomic mass is 35.5. The van der Waals surface area contributed by atoms with Crippen LogP contribution in [0.15, 0.2) is 30.3 Å². The number of ether oxygens (including phenoxy) is 1. The minimum absolute atomic E-state index is 0.101. The number of benzene rings is 1. The van der Waals surface area contributed by atoms with E-state index < -0.39 is 17.0 Å². The van der Waals surface area contributed by atoms with Crippen LogP contribution in [0, 0.1) is 17.0 Å². The molecule has 2 heterocycles. The Hall–Kier alpha value is -2.67. The number of hydrogen-bond donors (Lipinski definition) is 0. The Morgan fingerprint density at radius 2 is 1.83 bits per heavy atom. The minimum Gasteiger partial charge on any atom is -0.481 e. The van der Waals surface area contributed by atoms with Crippen LogP contribution in [0.4, 0.5) is 8.78 Å². The maximum Gasteiger partial charge on any atom is 0.225 e. The standard InChI is InChI=1S/C22H19ClF2N4O/c1-21(2)12-7-8-22(21,16-10-17(30-3)27-20(23)26-16)19-11(12)9-15(28-29-19)18-13(24)5-4-6-14(18)25/h4-6,9-10,12H,7-8H2,1-3H3/t12-,22-/m0/s1. The van der Waals surface area contributed by atoms with Crippen LogP contribution in [0.2, 0.25) is 5.28 Å². The highest BCUT2D eigenvalue weighted by Crippen LogP contribution is 2.69. The van der Waals surface area contributed by atoms with Crippen LogP contribution < -0.4 is 4.74 Å². The maximum atomic E-state index is 14.3. The van der Waals surface area contributed by atoms with Gasteiger partial charge in [-0.25, -0.2) is 13.8 Å². The lowest BCUT2D eigenvalue weighted by atomic mass is 9.66. The molecule has 2 aliphatic rings. The molecule has 1 saturated carbocycles. The van der Waals surface area contributed by atoms with Crippen LogP contribution in [0.1, 0.15) is 49.6 Å². The van der Waals surface area contributed by atoms with E-state index in [9.17, 15) is 8.78 Å². The van der Waals surface area contributed by atoms with Crippen LogP contribution in [0.5, 0.6) is 5.88 Å². The molecule has 1 aromatic carbocycles. The molecular formula is C22H19ClF2N4O. The fraction of sp³-hybridized carbons (Fsp3) is 0.364. The van der Waals surface area contributed by atoms with Crippen LogP contribution in [0.25, 0.3) is 11.3 Å². The van der Waals surface area contributed by atoms with Gasteiger partial charge in [-0.2, -0.15) is 10.1 Å². The quantitative estimate of drug-likeness (QED) is 0.544. The fourth-order valence-electron chi connectivity index (χ4n) is 5.48. The van der Waals surface area contributed by atoms with Gasteiger partial charge in [0.25, 0.3) is 0 Å². The summed E-state index contributed by atoms with van der Waals surface area (Å²) in [5, 5.41) is 8.83. The van der Waals surface area contributed by atoms with Gasteiger partial charge < -0.3 is 4.74 Å². The van der Waals surface area contributed by atoms with E-state index in [4.69, 9.17) is 16.3 Å². The highest BCUT2D eigenvalue weighted by molar-refractivity contribution is 6.28. The largest absolute Gasteiger partial charge is 0.481 e. The number of hydrogen-bond acceptors (Lipinski definition) is 5. The summed E-state index contributed by atoms with van der Waals surface area (Å²) in [4.78, 5) is 8.62. The number of methoxy groups -OCH3 is 1. The second-order valence-electron chi connectivity index (χ2n) is 8.41. The van der Waals surface area contributed by atoms with Crippen molar-refractivity contribution in [3.63, 3.8) is 0 Å². The second-order valence-corrected chi connectivity index (χ2v) is 8.75. The molecule has 0 N–H and O–H groups in total. The van der Waals surface area contributed by atoms with Gasteiger partial charge in [0.05, 0.1) is 35.2 Å². The number of rotatable bonds is 3. The second kappa shape index (κ2) is 6.41. The maximum absolute atomic E-state index is 14.3. The SMILES string of the molecule is COc1cc([C@@]23CC[C@@H](c4cc(-c5c(F)cccc5F)nnc42)C3(C)C)nc(Cl)n1. The van der Waals surface area contributed by atoms with Gasteiger partial charge in [-0.1, -0.05) is 19.9 Å². The molecule has 0 saturated heterocycles. The van der Waals surface area contributed by atoms with E-state index >= 15 is 0 Å². The number of fused-ring (bicyclic) bond motifs is 5. The molecule has 1 fully saturated rings. The number of nitrogens with zero attached hydrogens (tertiary/aromatic N) is 4. The minimum atomic E-state index is -0.659. The van der Waals surface area contributed by atoms with E-state index in [-0.39, 0.29) is 27.9 Å². The summed E-state index contributed by atoms with van der Waals surface area (Å²) in [6.45, 7) is 4.33. The lowest BCUT2D eigenvalue weighted by Crippen LogP contribution is -2.38.